The number of nitrogens with one attached hydrogen (secondary N) is 1. The minimum Gasteiger partial charge on any atom is -0.496 e. The molecule has 1 rings (SSSR count). The molecule has 19 heavy (non-hydrogen) atoms. The summed E-state index contributed by atoms with van der Waals surface area (Å²) in [6, 6.07) is 3.94. The van der Waals surface area contributed by atoms with Gasteiger partial charge in [-0.2, -0.15) is 0 Å². The Morgan fingerprint density at radius 2 is 1.89 bits per heavy atom. The van der Waals surface area contributed by atoms with Crippen LogP contribution in [0.3, 0.4) is 0 Å². The molecule has 0 aromatic heterocycles. The van der Waals surface area contributed by atoms with E-state index in [-0.39, 0.29) is 5.54 Å². The van der Waals surface area contributed by atoms with Gasteiger partial charge in [-0.3, -0.25) is 0 Å². The summed E-state index contributed by atoms with van der Waals surface area (Å²) in [4.78, 5) is 0. The minimum atomic E-state index is -0.110. The minimum absolute atomic E-state index is 0.110. The van der Waals surface area contributed by atoms with Crippen LogP contribution in [0, 0.1) is 6.92 Å². The topological polar surface area (TPSA) is 56.5 Å². The third-order valence-corrected chi connectivity index (χ3v) is 3.09. The summed E-state index contributed by atoms with van der Waals surface area (Å²) < 4.78 is 10.7. The standard InChI is InChI=1S/C15H26N2O2/c1-11-13(18-4)8-7-12(14(11)19-5)17-10-6-9-15(2,3)16/h7-8,17H,6,9-10,16H2,1-5H3. The van der Waals surface area contributed by atoms with Gasteiger partial charge >= 0.3 is 0 Å². The zero-order valence-corrected chi connectivity index (χ0v) is 12.7. The van der Waals surface area contributed by atoms with Gasteiger partial charge < -0.3 is 20.5 Å². The van der Waals surface area contributed by atoms with Gasteiger partial charge in [0.05, 0.1) is 19.9 Å². The fraction of sp³-hybridized carbons (Fsp3) is 0.600. The van der Waals surface area contributed by atoms with Crippen molar-refractivity contribution in [2.75, 3.05) is 26.1 Å². The van der Waals surface area contributed by atoms with Crippen molar-refractivity contribution in [1.82, 2.24) is 0 Å². The van der Waals surface area contributed by atoms with Crippen LogP contribution in [0.4, 0.5) is 5.69 Å². The zero-order chi connectivity index (χ0) is 14.5. The van der Waals surface area contributed by atoms with E-state index in [0.717, 1.165) is 42.1 Å². The molecule has 0 saturated carbocycles. The Bertz CT molecular complexity index is 411. The smallest absolute Gasteiger partial charge is 0.148 e. The molecule has 0 aliphatic rings. The maximum atomic E-state index is 5.96. The first-order chi connectivity index (χ1) is 8.89. The molecule has 0 atom stereocenters. The van der Waals surface area contributed by atoms with Crippen molar-refractivity contribution in [3.05, 3.63) is 17.7 Å². The predicted molar refractivity (Wildman–Crippen MR) is 80.3 cm³/mol. The van der Waals surface area contributed by atoms with Crippen molar-refractivity contribution in [2.24, 2.45) is 5.73 Å². The second-order valence-corrected chi connectivity index (χ2v) is 5.49. The lowest BCUT2D eigenvalue weighted by Gasteiger charge is -2.19. The van der Waals surface area contributed by atoms with Gasteiger partial charge in [0.2, 0.25) is 0 Å². The van der Waals surface area contributed by atoms with Crippen molar-refractivity contribution in [2.45, 2.75) is 39.2 Å². The molecule has 0 spiro atoms. The molecule has 108 valence electrons. The van der Waals surface area contributed by atoms with Gasteiger partial charge in [0, 0.05) is 17.6 Å². The molecule has 0 amide bonds. The fourth-order valence-corrected chi connectivity index (χ4v) is 2.06. The Morgan fingerprint density at radius 1 is 1.21 bits per heavy atom. The molecule has 0 aliphatic carbocycles. The molecule has 0 fully saturated rings. The summed E-state index contributed by atoms with van der Waals surface area (Å²) in [5, 5.41) is 3.39. The number of ether oxygens (including phenoxy) is 2. The predicted octanol–water partition coefficient (Wildman–Crippen LogP) is 2.94. The average molecular weight is 266 g/mol. The van der Waals surface area contributed by atoms with Gasteiger partial charge in [-0.25, -0.2) is 0 Å². The normalized spacial score (nSPS) is 11.3. The number of hydrogen-bond acceptors (Lipinski definition) is 4. The first-order valence-corrected chi connectivity index (χ1v) is 6.63. The monoisotopic (exact) mass is 266 g/mol. The molecule has 0 bridgehead atoms. The number of benzene rings is 1. The number of nitrogens with two attached hydrogens (primary N) is 1. The van der Waals surface area contributed by atoms with Crippen molar-refractivity contribution in [3.8, 4) is 11.5 Å². The Hall–Kier alpha value is -1.42. The van der Waals surface area contributed by atoms with Crippen LogP contribution in [-0.2, 0) is 0 Å². The summed E-state index contributed by atoms with van der Waals surface area (Å²) in [5.41, 5.74) is 7.86. The summed E-state index contributed by atoms with van der Waals surface area (Å²) in [7, 11) is 3.34. The van der Waals surface area contributed by atoms with Gasteiger partial charge in [0.25, 0.3) is 0 Å². The first-order valence-electron chi connectivity index (χ1n) is 6.63. The largest absolute Gasteiger partial charge is 0.496 e. The highest BCUT2D eigenvalue weighted by Crippen LogP contribution is 2.34. The SMILES string of the molecule is COc1ccc(NCCCC(C)(C)N)c(OC)c1C. The molecule has 4 heteroatoms. The first kappa shape index (κ1) is 15.6. The highest BCUT2D eigenvalue weighted by atomic mass is 16.5. The molecule has 0 radical (unpaired) electrons. The molecule has 1 aromatic rings. The number of rotatable bonds is 7. The van der Waals surface area contributed by atoms with E-state index in [4.69, 9.17) is 15.2 Å². The third kappa shape index (κ3) is 4.63. The third-order valence-electron chi connectivity index (χ3n) is 3.09. The Labute approximate surface area is 116 Å². The van der Waals surface area contributed by atoms with Crippen molar-refractivity contribution < 1.29 is 9.47 Å². The maximum absolute atomic E-state index is 5.96. The molecule has 0 saturated heterocycles. The van der Waals surface area contributed by atoms with Crippen molar-refractivity contribution in [3.63, 3.8) is 0 Å². The highest BCUT2D eigenvalue weighted by molar-refractivity contribution is 5.63. The number of anilines is 1. The van der Waals surface area contributed by atoms with E-state index >= 15 is 0 Å². The van der Waals surface area contributed by atoms with E-state index in [1.165, 1.54) is 0 Å². The molecular weight excluding hydrogens is 240 g/mol. The molecule has 3 N–H and O–H groups in total. The molecule has 0 aliphatic heterocycles. The van der Waals surface area contributed by atoms with E-state index < -0.39 is 0 Å². The van der Waals surface area contributed by atoms with Gasteiger partial charge in [0.15, 0.2) is 0 Å². The van der Waals surface area contributed by atoms with Crippen LogP contribution >= 0.6 is 0 Å². The van der Waals surface area contributed by atoms with Gasteiger partial charge in [-0.15, -0.1) is 0 Å². The summed E-state index contributed by atoms with van der Waals surface area (Å²) in [6.07, 6.45) is 2.01. The van der Waals surface area contributed by atoms with E-state index in [1.807, 2.05) is 32.9 Å². The number of hydrogen-bond donors (Lipinski definition) is 2. The molecule has 1 aromatic carbocycles. The molecule has 4 nitrogen and oxygen atoms in total. The highest BCUT2D eigenvalue weighted by Gasteiger charge is 2.12. The summed E-state index contributed by atoms with van der Waals surface area (Å²) in [5.74, 6) is 1.68. The lowest BCUT2D eigenvalue weighted by Crippen LogP contribution is -2.32. The molecule has 0 heterocycles. The van der Waals surface area contributed by atoms with Gasteiger partial charge in [-0.05, 0) is 45.7 Å². The maximum Gasteiger partial charge on any atom is 0.148 e. The van der Waals surface area contributed by atoms with E-state index in [2.05, 4.69) is 5.32 Å². The Balaban J connectivity index is 2.66. The average Bonchev–Trinajstić information content (AvgIpc) is 2.33. The van der Waals surface area contributed by atoms with Crippen LogP contribution in [0.25, 0.3) is 0 Å². The summed E-state index contributed by atoms with van der Waals surface area (Å²) in [6.45, 7) is 6.96. The summed E-state index contributed by atoms with van der Waals surface area (Å²) >= 11 is 0. The second kappa shape index (κ2) is 6.66. The fourth-order valence-electron chi connectivity index (χ4n) is 2.06. The lowest BCUT2D eigenvalue weighted by molar-refractivity contribution is 0.390. The van der Waals surface area contributed by atoms with Gasteiger partial charge in [0.1, 0.15) is 11.5 Å². The second-order valence-electron chi connectivity index (χ2n) is 5.49. The van der Waals surface area contributed by atoms with Gasteiger partial charge in [-0.1, -0.05) is 0 Å². The van der Waals surface area contributed by atoms with E-state index in [9.17, 15) is 0 Å². The number of methoxy groups -OCH3 is 2. The van der Waals surface area contributed by atoms with Crippen LogP contribution in [0.1, 0.15) is 32.3 Å². The quantitative estimate of drug-likeness (QED) is 0.745. The van der Waals surface area contributed by atoms with Crippen LogP contribution in [0.2, 0.25) is 0 Å². The van der Waals surface area contributed by atoms with Crippen molar-refractivity contribution >= 4 is 5.69 Å². The van der Waals surface area contributed by atoms with E-state index in [1.54, 1.807) is 14.2 Å². The lowest BCUT2D eigenvalue weighted by atomic mass is 10.0. The van der Waals surface area contributed by atoms with Crippen LogP contribution < -0.4 is 20.5 Å². The van der Waals surface area contributed by atoms with Crippen molar-refractivity contribution in [1.29, 1.82) is 0 Å². The molecular formula is C15H26N2O2. The Morgan fingerprint density at radius 3 is 2.42 bits per heavy atom. The molecule has 0 unspecified atom stereocenters. The van der Waals surface area contributed by atoms with Crippen LogP contribution in [0.15, 0.2) is 12.1 Å². The Kier molecular flexibility index (Phi) is 5.48. The zero-order valence-electron chi connectivity index (χ0n) is 12.7. The van der Waals surface area contributed by atoms with E-state index in [0.29, 0.717) is 0 Å². The van der Waals surface area contributed by atoms with Crippen LogP contribution in [0.5, 0.6) is 11.5 Å². The van der Waals surface area contributed by atoms with Crippen LogP contribution in [-0.4, -0.2) is 26.3 Å².